The van der Waals surface area contributed by atoms with Gasteiger partial charge in [-0.15, -0.1) is 0 Å². The number of nitrogens with zero attached hydrogens (tertiary/aromatic N) is 1. The molecule has 0 saturated heterocycles. The van der Waals surface area contributed by atoms with Crippen molar-refractivity contribution in [2.75, 3.05) is 11.9 Å². The fourth-order valence-corrected chi connectivity index (χ4v) is 3.42. The van der Waals surface area contributed by atoms with E-state index in [1.807, 2.05) is 30.3 Å². The van der Waals surface area contributed by atoms with Crippen LogP contribution in [-0.4, -0.2) is 12.7 Å². The van der Waals surface area contributed by atoms with Crippen molar-refractivity contribution < 1.29 is 9.53 Å². The van der Waals surface area contributed by atoms with Gasteiger partial charge in [0.1, 0.15) is 6.61 Å². The number of carbonyl (C=O) groups is 1. The van der Waals surface area contributed by atoms with Crippen LogP contribution in [0.5, 0.6) is 0 Å². The molecule has 1 N–H and O–H groups in total. The Labute approximate surface area is 151 Å². The second-order valence-corrected chi connectivity index (χ2v) is 6.14. The maximum absolute atomic E-state index is 12.2. The molecule has 0 bridgehead atoms. The van der Waals surface area contributed by atoms with E-state index >= 15 is 0 Å². The summed E-state index contributed by atoms with van der Waals surface area (Å²) in [7, 11) is 0. The molecule has 1 amide bonds. The van der Waals surface area contributed by atoms with Gasteiger partial charge in [0.2, 0.25) is 0 Å². The number of benzene rings is 3. The first kappa shape index (κ1) is 15.9. The molecule has 4 heteroatoms. The van der Waals surface area contributed by atoms with Gasteiger partial charge in [0.15, 0.2) is 0 Å². The summed E-state index contributed by atoms with van der Waals surface area (Å²) in [6.07, 6.45) is -0.526. The highest BCUT2D eigenvalue weighted by atomic mass is 16.5. The number of ether oxygens (including phenoxy) is 1. The smallest absolute Gasteiger partial charge is 0.411 e. The van der Waals surface area contributed by atoms with Crippen LogP contribution in [0.4, 0.5) is 10.5 Å². The van der Waals surface area contributed by atoms with E-state index in [-0.39, 0.29) is 12.5 Å². The fourth-order valence-electron chi connectivity index (χ4n) is 3.42. The number of nitrogens with one attached hydrogen (secondary N) is 1. The SMILES string of the molecule is N#Cc1cccc(NC(=O)OCC2c3ccccc3-c3ccccc32)c1. The lowest BCUT2D eigenvalue weighted by molar-refractivity contribution is 0.158. The Morgan fingerprint density at radius 2 is 1.62 bits per heavy atom. The lowest BCUT2D eigenvalue weighted by Crippen LogP contribution is -2.17. The topological polar surface area (TPSA) is 62.1 Å². The highest BCUT2D eigenvalue weighted by Gasteiger charge is 2.28. The highest BCUT2D eigenvalue weighted by Crippen LogP contribution is 2.44. The minimum Gasteiger partial charge on any atom is -0.448 e. The third-order valence-electron chi connectivity index (χ3n) is 4.58. The van der Waals surface area contributed by atoms with Gasteiger partial charge in [-0.3, -0.25) is 5.32 Å². The predicted molar refractivity (Wildman–Crippen MR) is 99.8 cm³/mol. The average molecular weight is 340 g/mol. The van der Waals surface area contributed by atoms with Gasteiger partial charge in [0.25, 0.3) is 0 Å². The molecule has 126 valence electrons. The number of rotatable bonds is 3. The number of hydrogen-bond acceptors (Lipinski definition) is 3. The van der Waals surface area contributed by atoms with E-state index in [1.54, 1.807) is 24.3 Å². The van der Waals surface area contributed by atoms with Gasteiger partial charge in [-0.1, -0.05) is 54.6 Å². The average Bonchev–Trinajstić information content (AvgIpc) is 3.00. The Hall–Kier alpha value is -3.58. The largest absolute Gasteiger partial charge is 0.448 e. The van der Waals surface area contributed by atoms with Crippen LogP contribution in [0.3, 0.4) is 0 Å². The Morgan fingerprint density at radius 1 is 0.962 bits per heavy atom. The van der Waals surface area contributed by atoms with Crippen LogP contribution in [-0.2, 0) is 4.74 Å². The minimum atomic E-state index is -0.526. The van der Waals surface area contributed by atoms with Crippen molar-refractivity contribution >= 4 is 11.8 Å². The summed E-state index contributed by atoms with van der Waals surface area (Å²) in [5.41, 5.74) is 5.77. The summed E-state index contributed by atoms with van der Waals surface area (Å²) in [4.78, 5) is 12.2. The summed E-state index contributed by atoms with van der Waals surface area (Å²) in [5.74, 6) is 0.0265. The lowest BCUT2D eigenvalue weighted by Gasteiger charge is -2.14. The van der Waals surface area contributed by atoms with Crippen molar-refractivity contribution in [2.24, 2.45) is 0 Å². The van der Waals surface area contributed by atoms with Crippen molar-refractivity contribution in [1.82, 2.24) is 0 Å². The van der Waals surface area contributed by atoms with Crippen LogP contribution in [0, 0.1) is 11.3 Å². The van der Waals surface area contributed by atoms with Crippen LogP contribution in [0.25, 0.3) is 11.1 Å². The van der Waals surface area contributed by atoms with Gasteiger partial charge in [-0.2, -0.15) is 5.26 Å². The zero-order chi connectivity index (χ0) is 17.9. The molecule has 0 radical (unpaired) electrons. The normalized spacial score (nSPS) is 12.0. The molecule has 0 saturated carbocycles. The molecule has 0 fully saturated rings. The van der Waals surface area contributed by atoms with Crippen molar-refractivity contribution in [3.63, 3.8) is 0 Å². The highest BCUT2D eigenvalue weighted by molar-refractivity contribution is 5.85. The molecule has 1 aliphatic carbocycles. The van der Waals surface area contributed by atoms with Crippen molar-refractivity contribution in [3.05, 3.63) is 89.5 Å². The number of anilines is 1. The van der Waals surface area contributed by atoms with E-state index in [9.17, 15) is 4.79 Å². The Morgan fingerprint density at radius 3 is 2.27 bits per heavy atom. The molecule has 26 heavy (non-hydrogen) atoms. The summed E-state index contributed by atoms with van der Waals surface area (Å²) in [5, 5.41) is 11.6. The second kappa shape index (κ2) is 6.73. The van der Waals surface area contributed by atoms with E-state index in [4.69, 9.17) is 10.00 Å². The monoisotopic (exact) mass is 340 g/mol. The summed E-state index contributed by atoms with van der Waals surface area (Å²) in [6, 6.07) is 25.2. The number of carbonyl (C=O) groups excluding carboxylic acids is 1. The van der Waals surface area contributed by atoms with Gasteiger partial charge in [-0.05, 0) is 40.5 Å². The molecule has 0 aromatic heterocycles. The Balaban J connectivity index is 1.49. The maximum Gasteiger partial charge on any atom is 0.411 e. The minimum absolute atomic E-state index is 0.0265. The quantitative estimate of drug-likeness (QED) is 0.736. The molecule has 1 aliphatic rings. The van der Waals surface area contributed by atoms with Gasteiger partial charge < -0.3 is 4.74 Å². The van der Waals surface area contributed by atoms with Gasteiger partial charge in [0, 0.05) is 11.6 Å². The summed E-state index contributed by atoms with van der Waals surface area (Å²) in [6.45, 7) is 0.262. The van der Waals surface area contributed by atoms with Gasteiger partial charge in [0.05, 0.1) is 11.6 Å². The molecule has 3 aromatic carbocycles. The van der Waals surface area contributed by atoms with Crippen LogP contribution in [0.15, 0.2) is 72.8 Å². The molecule has 4 nitrogen and oxygen atoms in total. The van der Waals surface area contributed by atoms with E-state index < -0.39 is 6.09 Å². The molecule has 3 aromatic rings. The molecule has 0 atom stereocenters. The van der Waals surface area contributed by atoms with E-state index in [0.717, 1.165) is 0 Å². The van der Waals surface area contributed by atoms with E-state index in [0.29, 0.717) is 11.3 Å². The third-order valence-corrected chi connectivity index (χ3v) is 4.58. The standard InChI is InChI=1S/C22H16N2O2/c23-13-15-6-5-7-16(12-15)24-22(25)26-14-21-19-10-3-1-8-17(19)18-9-2-4-11-20(18)21/h1-12,21H,14H2,(H,24,25). The molecule has 0 unspecified atom stereocenters. The Bertz CT molecular complexity index is 975. The molecule has 0 spiro atoms. The molecular formula is C22H16N2O2. The number of hydrogen-bond donors (Lipinski definition) is 1. The third kappa shape index (κ3) is 2.91. The van der Waals surface area contributed by atoms with E-state index in [2.05, 4.69) is 29.6 Å². The zero-order valence-electron chi connectivity index (χ0n) is 14.0. The van der Waals surface area contributed by atoms with Crippen LogP contribution >= 0.6 is 0 Å². The van der Waals surface area contributed by atoms with Gasteiger partial charge in [-0.25, -0.2) is 4.79 Å². The number of nitriles is 1. The fraction of sp³-hybridized carbons (Fsp3) is 0.0909. The number of amides is 1. The first-order chi connectivity index (χ1) is 12.8. The van der Waals surface area contributed by atoms with Crippen LogP contribution in [0.2, 0.25) is 0 Å². The van der Waals surface area contributed by atoms with Crippen molar-refractivity contribution in [2.45, 2.75) is 5.92 Å². The summed E-state index contributed by atoms with van der Waals surface area (Å²) < 4.78 is 5.48. The summed E-state index contributed by atoms with van der Waals surface area (Å²) >= 11 is 0. The lowest BCUT2D eigenvalue weighted by atomic mass is 9.98. The zero-order valence-corrected chi connectivity index (χ0v) is 14.0. The molecule has 0 aliphatic heterocycles. The molecule has 0 heterocycles. The van der Waals surface area contributed by atoms with E-state index in [1.165, 1.54) is 22.3 Å². The van der Waals surface area contributed by atoms with Crippen molar-refractivity contribution in [1.29, 1.82) is 5.26 Å². The second-order valence-electron chi connectivity index (χ2n) is 6.14. The molecular weight excluding hydrogens is 324 g/mol. The first-order valence-electron chi connectivity index (χ1n) is 8.38. The van der Waals surface area contributed by atoms with Crippen molar-refractivity contribution in [3.8, 4) is 17.2 Å². The predicted octanol–water partition coefficient (Wildman–Crippen LogP) is 4.92. The Kier molecular flexibility index (Phi) is 4.12. The van der Waals surface area contributed by atoms with Crippen LogP contribution in [0.1, 0.15) is 22.6 Å². The maximum atomic E-state index is 12.2. The van der Waals surface area contributed by atoms with Crippen LogP contribution < -0.4 is 5.32 Å². The first-order valence-corrected chi connectivity index (χ1v) is 8.38. The van der Waals surface area contributed by atoms with Gasteiger partial charge >= 0.3 is 6.09 Å². The molecule has 4 rings (SSSR count). The number of fused-ring (bicyclic) bond motifs is 3.